The summed E-state index contributed by atoms with van der Waals surface area (Å²) in [6.07, 6.45) is 0. The summed E-state index contributed by atoms with van der Waals surface area (Å²) in [5.41, 5.74) is 0.820. The van der Waals surface area contributed by atoms with Gasteiger partial charge in [-0.15, -0.1) is 4.99 Å². The molecule has 0 bridgehead atoms. The number of guanidine groups is 1. The average Bonchev–Trinajstić information content (AvgIpc) is 2.67. The Morgan fingerprint density at radius 3 is 2.71 bits per heavy atom. The fraction of sp³-hybridized carbons (Fsp3) is 0.222. The third-order valence-electron chi connectivity index (χ3n) is 2.05. The van der Waals surface area contributed by atoms with Crippen molar-refractivity contribution in [1.29, 1.82) is 0 Å². The van der Waals surface area contributed by atoms with Crippen LogP contribution < -0.4 is 4.90 Å². The van der Waals surface area contributed by atoms with E-state index in [-0.39, 0.29) is 5.96 Å². The fourth-order valence-electron chi connectivity index (χ4n) is 1.44. The van der Waals surface area contributed by atoms with Crippen molar-refractivity contribution in [1.82, 2.24) is 0 Å². The van der Waals surface area contributed by atoms with Gasteiger partial charge in [-0.1, -0.05) is 18.2 Å². The van der Waals surface area contributed by atoms with Gasteiger partial charge in [-0.2, -0.15) is 0 Å². The molecular formula is C9H9N3O2. The minimum Gasteiger partial charge on any atom is -0.390 e. The lowest BCUT2D eigenvalue weighted by atomic mass is 10.3. The van der Waals surface area contributed by atoms with Crippen molar-refractivity contribution >= 4 is 11.6 Å². The van der Waals surface area contributed by atoms with Crippen LogP contribution in [0.1, 0.15) is 0 Å². The second-order valence-electron chi connectivity index (χ2n) is 2.93. The smallest absolute Gasteiger partial charge is 0.390 e. The first-order chi connectivity index (χ1) is 6.79. The Morgan fingerprint density at radius 2 is 2.07 bits per heavy atom. The van der Waals surface area contributed by atoms with Crippen molar-refractivity contribution in [3.05, 3.63) is 40.4 Å². The van der Waals surface area contributed by atoms with Crippen LogP contribution in [0, 0.1) is 10.1 Å². The lowest BCUT2D eigenvalue weighted by Gasteiger charge is -2.11. The van der Waals surface area contributed by atoms with Crippen molar-refractivity contribution in [3.8, 4) is 0 Å². The van der Waals surface area contributed by atoms with E-state index in [1.165, 1.54) is 0 Å². The molecule has 1 heterocycles. The second kappa shape index (κ2) is 3.45. The Morgan fingerprint density at radius 1 is 1.36 bits per heavy atom. The van der Waals surface area contributed by atoms with Crippen LogP contribution in [0.2, 0.25) is 0 Å². The minimum absolute atomic E-state index is 0.0591. The quantitative estimate of drug-likeness (QED) is 0.494. The van der Waals surface area contributed by atoms with Gasteiger partial charge in [0.2, 0.25) is 0 Å². The molecule has 0 atom stereocenters. The highest BCUT2D eigenvalue weighted by molar-refractivity contribution is 5.91. The third kappa shape index (κ3) is 1.44. The van der Waals surface area contributed by atoms with Gasteiger partial charge in [0.1, 0.15) is 18.8 Å². The standard InChI is InChI=1S/C9H9N3O2/c13-12(14)9-10-6-7-11(9)8-4-2-1-3-5-8/h1-5H,6-7H2. The summed E-state index contributed by atoms with van der Waals surface area (Å²) in [5, 5.41) is 10.6. The molecule has 1 aromatic rings. The summed E-state index contributed by atoms with van der Waals surface area (Å²) < 4.78 is 0. The number of para-hydroxylation sites is 1. The zero-order chi connectivity index (χ0) is 9.97. The molecule has 0 N–H and O–H groups in total. The Hall–Kier alpha value is -1.91. The zero-order valence-electron chi connectivity index (χ0n) is 7.46. The molecule has 0 spiro atoms. The van der Waals surface area contributed by atoms with Gasteiger partial charge in [-0.3, -0.25) is 0 Å². The summed E-state index contributed by atoms with van der Waals surface area (Å²) in [5.74, 6) is -0.0591. The first-order valence-corrected chi connectivity index (χ1v) is 4.30. The predicted octanol–water partition coefficient (Wildman–Crippen LogP) is 1.14. The van der Waals surface area contributed by atoms with E-state index in [0.29, 0.717) is 13.1 Å². The van der Waals surface area contributed by atoms with Gasteiger partial charge in [0, 0.05) is 0 Å². The van der Waals surface area contributed by atoms with Crippen LogP contribution in [0.4, 0.5) is 5.69 Å². The van der Waals surface area contributed by atoms with Crippen molar-refractivity contribution < 1.29 is 4.92 Å². The van der Waals surface area contributed by atoms with Crippen molar-refractivity contribution in [2.24, 2.45) is 4.99 Å². The van der Waals surface area contributed by atoms with Gasteiger partial charge in [0.25, 0.3) is 0 Å². The molecule has 0 aliphatic carbocycles. The molecule has 1 aliphatic rings. The maximum absolute atomic E-state index is 10.6. The first kappa shape index (κ1) is 8.68. The van der Waals surface area contributed by atoms with Crippen LogP contribution in [0.25, 0.3) is 0 Å². The SMILES string of the molecule is O=[N+]([O-])C1=NCCN1c1ccccc1. The number of benzene rings is 1. The number of aliphatic imine (C=N–C) groups is 1. The van der Waals surface area contributed by atoms with E-state index < -0.39 is 4.92 Å². The number of hydrogen-bond acceptors (Lipinski definition) is 4. The average molecular weight is 191 g/mol. The van der Waals surface area contributed by atoms with Crippen LogP contribution in [-0.4, -0.2) is 24.0 Å². The molecule has 0 unspecified atom stereocenters. The van der Waals surface area contributed by atoms with Crippen LogP contribution in [-0.2, 0) is 0 Å². The minimum atomic E-state index is -0.444. The molecule has 1 aliphatic heterocycles. The predicted molar refractivity (Wildman–Crippen MR) is 53.1 cm³/mol. The van der Waals surface area contributed by atoms with Crippen LogP contribution >= 0.6 is 0 Å². The third-order valence-corrected chi connectivity index (χ3v) is 2.05. The molecule has 5 nitrogen and oxygen atoms in total. The Kier molecular flexibility index (Phi) is 2.14. The van der Waals surface area contributed by atoms with E-state index in [1.807, 2.05) is 30.3 Å². The molecule has 14 heavy (non-hydrogen) atoms. The van der Waals surface area contributed by atoms with E-state index >= 15 is 0 Å². The van der Waals surface area contributed by atoms with Crippen molar-refractivity contribution in [2.45, 2.75) is 0 Å². The summed E-state index contributed by atoms with van der Waals surface area (Å²) in [4.78, 5) is 15.6. The molecule has 5 heteroatoms. The highest BCUT2D eigenvalue weighted by Gasteiger charge is 2.29. The van der Waals surface area contributed by atoms with E-state index in [4.69, 9.17) is 0 Å². The van der Waals surface area contributed by atoms with Gasteiger partial charge in [-0.05, 0) is 17.1 Å². The lowest BCUT2D eigenvalue weighted by molar-refractivity contribution is -0.351. The summed E-state index contributed by atoms with van der Waals surface area (Å²) in [6.45, 7) is 1.07. The van der Waals surface area contributed by atoms with E-state index in [2.05, 4.69) is 4.99 Å². The number of hydrogen-bond donors (Lipinski definition) is 0. The molecule has 0 saturated heterocycles. The molecule has 72 valence electrons. The van der Waals surface area contributed by atoms with E-state index in [1.54, 1.807) is 4.90 Å². The Labute approximate surface area is 80.8 Å². The topological polar surface area (TPSA) is 58.7 Å². The maximum Gasteiger partial charge on any atom is 0.429 e. The molecule has 0 radical (unpaired) electrons. The van der Waals surface area contributed by atoms with Gasteiger partial charge < -0.3 is 10.1 Å². The van der Waals surface area contributed by atoms with Gasteiger partial charge in [-0.25, -0.2) is 4.90 Å². The number of nitrogens with zero attached hydrogens (tertiary/aromatic N) is 3. The number of anilines is 1. The van der Waals surface area contributed by atoms with Crippen LogP contribution in [0.5, 0.6) is 0 Å². The number of nitro groups is 1. The summed E-state index contributed by atoms with van der Waals surface area (Å²) in [7, 11) is 0. The fourth-order valence-corrected chi connectivity index (χ4v) is 1.44. The molecule has 0 amide bonds. The zero-order valence-corrected chi connectivity index (χ0v) is 7.46. The van der Waals surface area contributed by atoms with Gasteiger partial charge in [0.15, 0.2) is 0 Å². The molecular weight excluding hydrogens is 182 g/mol. The Bertz CT molecular complexity index is 375. The molecule has 0 fully saturated rings. The molecule has 2 rings (SSSR count). The van der Waals surface area contributed by atoms with Crippen LogP contribution in [0.15, 0.2) is 35.3 Å². The second-order valence-corrected chi connectivity index (χ2v) is 2.93. The van der Waals surface area contributed by atoms with Crippen LogP contribution in [0.3, 0.4) is 0 Å². The largest absolute Gasteiger partial charge is 0.429 e. The number of rotatable bonds is 1. The molecule has 1 aromatic carbocycles. The molecule has 0 aromatic heterocycles. The summed E-state index contributed by atoms with van der Waals surface area (Å²) >= 11 is 0. The molecule has 0 saturated carbocycles. The van der Waals surface area contributed by atoms with Crippen molar-refractivity contribution in [3.63, 3.8) is 0 Å². The van der Waals surface area contributed by atoms with Gasteiger partial charge in [0.05, 0.1) is 0 Å². The Balaban J connectivity index is 2.29. The first-order valence-electron chi connectivity index (χ1n) is 4.30. The monoisotopic (exact) mass is 191 g/mol. The maximum atomic E-state index is 10.6. The summed E-state index contributed by atoms with van der Waals surface area (Å²) in [6, 6.07) is 9.26. The van der Waals surface area contributed by atoms with E-state index in [0.717, 1.165) is 5.69 Å². The highest BCUT2D eigenvalue weighted by atomic mass is 16.6. The highest BCUT2D eigenvalue weighted by Crippen LogP contribution is 2.16. The van der Waals surface area contributed by atoms with Gasteiger partial charge >= 0.3 is 5.96 Å². The van der Waals surface area contributed by atoms with E-state index in [9.17, 15) is 10.1 Å². The normalized spacial score (nSPS) is 15.4. The lowest BCUT2D eigenvalue weighted by Crippen LogP contribution is -2.32. The van der Waals surface area contributed by atoms with Crippen molar-refractivity contribution in [2.75, 3.05) is 18.0 Å².